The molecule has 420 valence electrons. The highest BCUT2D eigenvalue weighted by Crippen LogP contribution is 2.12. The predicted octanol–water partition coefficient (Wildman–Crippen LogP) is 3.09. The molecule has 0 aliphatic rings. The summed E-state index contributed by atoms with van der Waals surface area (Å²) in [5.41, 5.74) is -0.845. The number of carboxylic acid groups (broad SMARTS) is 1. The molecule has 0 radical (unpaired) electrons. The molecule has 4 aromatic rings. The van der Waals surface area contributed by atoms with Crippen LogP contribution in [0.25, 0.3) is 0 Å². The maximum atomic E-state index is 13.1. The first-order valence-corrected chi connectivity index (χ1v) is 25.2. The van der Waals surface area contributed by atoms with Crippen molar-refractivity contribution in [3.63, 3.8) is 0 Å². The monoisotopic (exact) mass is 1080 g/mol. The van der Waals surface area contributed by atoms with Gasteiger partial charge in [-0.2, -0.15) is 0 Å². The lowest BCUT2D eigenvalue weighted by Crippen LogP contribution is -2.47. The number of methoxy groups -OCH3 is 2. The van der Waals surface area contributed by atoms with Gasteiger partial charge in [-0.15, -0.1) is 0 Å². The van der Waals surface area contributed by atoms with Crippen molar-refractivity contribution < 1.29 is 57.7 Å². The van der Waals surface area contributed by atoms with E-state index in [9.17, 15) is 57.8 Å². The lowest BCUT2D eigenvalue weighted by Gasteiger charge is -2.20. The molecular formula is C54H70N10O14. The van der Waals surface area contributed by atoms with Crippen LogP contribution in [0, 0.1) is 11.8 Å². The number of carboxylic acids is 1. The smallest absolute Gasteiger partial charge is 0.330 e. The number of anilines is 2. The number of hydrogen-bond acceptors (Lipinski definition) is 14. The van der Waals surface area contributed by atoms with Crippen LogP contribution >= 0.6 is 0 Å². The van der Waals surface area contributed by atoms with Crippen LogP contribution in [0.15, 0.2) is 113 Å². The van der Waals surface area contributed by atoms with Gasteiger partial charge in [0.05, 0.1) is 26.7 Å². The van der Waals surface area contributed by atoms with Crippen molar-refractivity contribution >= 4 is 64.7 Å². The number of aromatic nitrogens is 4. The van der Waals surface area contributed by atoms with Crippen LogP contribution in [-0.4, -0.2) is 116 Å². The molecule has 78 heavy (non-hydrogen) atoms. The summed E-state index contributed by atoms with van der Waals surface area (Å²) in [6.45, 7) is 7.47. The second-order valence-electron chi connectivity index (χ2n) is 17.8. The first-order chi connectivity index (χ1) is 37.3. The first kappa shape index (κ1) is 63.3. The minimum Gasteiger partial charge on any atom is -0.480 e. The Bertz CT molecular complexity index is 2870. The van der Waals surface area contributed by atoms with Gasteiger partial charge >= 0.3 is 17.9 Å². The van der Waals surface area contributed by atoms with Crippen molar-refractivity contribution in [2.24, 2.45) is 18.9 Å². The molecule has 7 N–H and O–H groups in total. The molecule has 4 rings (SSSR count). The third-order valence-corrected chi connectivity index (χ3v) is 12.2. The number of amides is 6. The van der Waals surface area contributed by atoms with Crippen molar-refractivity contribution in [1.29, 1.82) is 0 Å². The summed E-state index contributed by atoms with van der Waals surface area (Å²) >= 11 is 0. The minimum absolute atomic E-state index is 0.0322. The van der Waals surface area contributed by atoms with Crippen LogP contribution in [0.3, 0.4) is 0 Å². The quantitative estimate of drug-likeness (QED) is 0.0318. The molecule has 0 unspecified atom stereocenters. The molecule has 24 nitrogen and oxygen atoms in total. The van der Waals surface area contributed by atoms with Crippen LogP contribution in [0.4, 0.5) is 11.4 Å². The Morgan fingerprint density at radius 1 is 0.667 bits per heavy atom. The number of carbonyl (C=O) groups excluding carboxylic acids is 8. The molecule has 0 fully saturated rings. The summed E-state index contributed by atoms with van der Waals surface area (Å²) in [7, 11) is 4.12. The van der Waals surface area contributed by atoms with Gasteiger partial charge in [0.15, 0.2) is 0 Å². The van der Waals surface area contributed by atoms with E-state index in [1.165, 1.54) is 90.8 Å². The number of nitrogens with one attached hydrogen (secondary N) is 6. The Labute approximate surface area is 451 Å². The second kappa shape index (κ2) is 33.2. The van der Waals surface area contributed by atoms with E-state index in [1.807, 2.05) is 0 Å². The Hall–Kier alpha value is -8.96. The van der Waals surface area contributed by atoms with Gasteiger partial charge < -0.3 is 60.2 Å². The van der Waals surface area contributed by atoms with Crippen LogP contribution in [0.1, 0.15) is 93.5 Å². The topological polar surface area (TPSA) is 326 Å². The number of benzene rings is 1. The number of hydrogen-bond donors (Lipinski definition) is 7. The highest BCUT2D eigenvalue weighted by atomic mass is 16.5. The molecule has 1 aromatic carbocycles. The standard InChI is InChI=1S/C28H34N4O8.C26H36N6O6/c1-4-18(2)24(28(38)39)31-22(33)17-32-16-10-14-21(27(32)37)30-26(36)20(13-8-9-15-23(34)40-3)29-25(35)19-11-6-5-7-12-19;1-5-18(6-2)14-28-22(33)16-32-13-9-11-20(26(32)37)30-24(35)19(10-7-8-12-23(34)38-4)29-25(36)21-15-27-17-31(21)3/h5-7,9-12,14-16,18,20,24H,4,8,13,17H2,1-3H3,(H,29,35)(H,30,36)(H,31,33)(H,38,39);8-9,11-13,15,17-19H,5-7,10,14,16H2,1-4H3,(H,28,33)(H,29,36)(H,30,35)/b15-9+;12-8+/t18-,20+,24+;19-/m11/s1. The number of imidazole rings is 1. The summed E-state index contributed by atoms with van der Waals surface area (Å²) in [5, 5.41) is 25.0. The van der Waals surface area contributed by atoms with Gasteiger partial charge in [-0.3, -0.25) is 38.4 Å². The summed E-state index contributed by atoms with van der Waals surface area (Å²) < 4.78 is 12.8. The Balaban J connectivity index is 0.000000411. The average Bonchev–Trinajstić information content (AvgIpc) is 3.87. The number of carbonyl (C=O) groups is 9. The fourth-order valence-corrected chi connectivity index (χ4v) is 7.25. The number of rotatable bonds is 28. The molecule has 0 aliphatic carbocycles. The summed E-state index contributed by atoms with van der Waals surface area (Å²) in [6, 6.07) is 10.8. The third kappa shape index (κ3) is 21.0. The highest BCUT2D eigenvalue weighted by Gasteiger charge is 2.27. The molecule has 0 bridgehead atoms. The number of aliphatic carboxylic acids is 1. The maximum Gasteiger partial charge on any atom is 0.330 e. The molecular weight excluding hydrogens is 1010 g/mol. The number of nitrogens with zero attached hydrogens (tertiary/aromatic N) is 4. The number of allylic oxidation sites excluding steroid dienone is 2. The average molecular weight is 1080 g/mol. The van der Waals surface area contributed by atoms with Crippen LogP contribution in [-0.2, 0) is 63.2 Å². The van der Waals surface area contributed by atoms with Gasteiger partial charge in [-0.05, 0) is 73.9 Å². The SMILES string of the molecule is CCC(CC)CNC(=O)Cn1cccc(NC(=O)[C@@H](CC/C=C/C(=O)OC)NC(=O)c2cncn2C)c1=O.CC[C@@H](C)[C@H](NC(=O)Cn1cccc(NC(=O)[C@H](CC/C=C/C(=O)OC)NC(=O)c2ccccc2)c1=O)C(=O)O. The van der Waals surface area contributed by atoms with E-state index < -0.39 is 83.2 Å². The van der Waals surface area contributed by atoms with Gasteiger partial charge in [0.25, 0.3) is 22.9 Å². The van der Waals surface area contributed by atoms with Crippen LogP contribution in [0.5, 0.6) is 0 Å². The predicted molar refractivity (Wildman–Crippen MR) is 288 cm³/mol. The zero-order chi connectivity index (χ0) is 57.7. The van der Waals surface area contributed by atoms with E-state index in [-0.39, 0.29) is 61.1 Å². The molecule has 0 saturated heterocycles. The Morgan fingerprint density at radius 3 is 1.62 bits per heavy atom. The summed E-state index contributed by atoms with van der Waals surface area (Å²) in [4.78, 5) is 141. The van der Waals surface area contributed by atoms with Gasteiger partial charge in [0.2, 0.25) is 23.6 Å². The third-order valence-electron chi connectivity index (χ3n) is 12.2. The number of ether oxygens (including phenoxy) is 2. The molecule has 0 spiro atoms. The van der Waals surface area contributed by atoms with E-state index >= 15 is 0 Å². The van der Waals surface area contributed by atoms with Crippen molar-refractivity contribution in [2.45, 2.75) is 104 Å². The molecule has 4 atom stereocenters. The van der Waals surface area contributed by atoms with Crippen molar-refractivity contribution in [2.75, 3.05) is 31.4 Å². The van der Waals surface area contributed by atoms with Gasteiger partial charge in [-0.1, -0.05) is 77.3 Å². The fourth-order valence-electron chi connectivity index (χ4n) is 7.25. The zero-order valence-corrected chi connectivity index (χ0v) is 44.8. The first-order valence-electron chi connectivity index (χ1n) is 25.2. The van der Waals surface area contributed by atoms with E-state index in [1.54, 1.807) is 57.3 Å². The zero-order valence-electron chi connectivity index (χ0n) is 44.8. The van der Waals surface area contributed by atoms with Crippen molar-refractivity contribution in [3.05, 3.63) is 136 Å². The van der Waals surface area contributed by atoms with Gasteiger partial charge in [0, 0.05) is 43.7 Å². The summed E-state index contributed by atoms with van der Waals surface area (Å²) in [5.74, 6) is -5.57. The van der Waals surface area contributed by atoms with Crippen molar-refractivity contribution in [1.82, 2.24) is 40.0 Å². The second-order valence-corrected chi connectivity index (χ2v) is 17.8. The number of esters is 2. The molecule has 0 aliphatic heterocycles. The largest absolute Gasteiger partial charge is 0.480 e. The molecule has 0 saturated carbocycles. The van der Waals surface area contributed by atoms with Crippen molar-refractivity contribution in [3.8, 4) is 0 Å². The van der Waals surface area contributed by atoms with E-state index in [0.717, 1.165) is 17.4 Å². The number of aryl methyl sites for hydroxylation is 1. The normalized spacial score (nSPS) is 12.5. The minimum atomic E-state index is -1.18. The van der Waals surface area contributed by atoms with Crippen LogP contribution < -0.4 is 43.0 Å². The molecule has 3 heterocycles. The number of pyridine rings is 2. The van der Waals surface area contributed by atoms with Crippen LogP contribution in [0.2, 0.25) is 0 Å². The Kier molecular flexibility index (Phi) is 26.9. The summed E-state index contributed by atoms with van der Waals surface area (Å²) in [6.07, 6.45) is 14.2. The lowest BCUT2D eigenvalue weighted by atomic mass is 9.99. The maximum absolute atomic E-state index is 13.1. The van der Waals surface area contributed by atoms with E-state index in [4.69, 9.17) is 0 Å². The van der Waals surface area contributed by atoms with Gasteiger partial charge in [0.1, 0.15) is 48.3 Å². The molecule has 24 heteroatoms. The van der Waals surface area contributed by atoms with E-state index in [0.29, 0.717) is 24.4 Å². The van der Waals surface area contributed by atoms with E-state index in [2.05, 4.69) is 60.2 Å². The van der Waals surface area contributed by atoms with Gasteiger partial charge in [-0.25, -0.2) is 19.4 Å². The lowest BCUT2D eigenvalue weighted by molar-refractivity contribution is -0.143. The highest BCUT2D eigenvalue weighted by molar-refractivity contribution is 6.02. The Morgan fingerprint density at radius 2 is 1.17 bits per heavy atom. The fraction of sp³-hybridized carbons (Fsp3) is 0.407. The molecule has 6 amide bonds. The molecule has 3 aromatic heterocycles.